The number of anilines is 1. The number of carbonyl (C=O) groups is 2. The van der Waals surface area contributed by atoms with Crippen molar-refractivity contribution in [3.05, 3.63) is 116 Å². The fraction of sp³-hybridized carbons (Fsp3) is 0.0667. The Kier molecular flexibility index (Phi) is 9.42. The highest BCUT2D eigenvalue weighted by Gasteiger charge is 2.34. The van der Waals surface area contributed by atoms with E-state index in [-0.39, 0.29) is 30.7 Å². The largest absolute Gasteiger partial charge is 0.507 e. The van der Waals surface area contributed by atoms with E-state index in [0.717, 1.165) is 16.2 Å². The summed E-state index contributed by atoms with van der Waals surface area (Å²) in [5.74, 6) is 0.395. The number of nitrogens with zero attached hydrogens (tertiary/aromatic N) is 3. The van der Waals surface area contributed by atoms with Gasteiger partial charge in [-0.2, -0.15) is 5.10 Å². The molecule has 0 atom stereocenters. The Morgan fingerprint density at radius 3 is 2.69 bits per heavy atom. The van der Waals surface area contributed by atoms with Crippen LogP contribution >= 0.6 is 39.3 Å². The normalized spacial score (nSPS) is 15.2. The van der Waals surface area contributed by atoms with E-state index in [0.29, 0.717) is 43.4 Å². The van der Waals surface area contributed by atoms with Crippen molar-refractivity contribution in [1.82, 2.24) is 4.90 Å². The summed E-state index contributed by atoms with van der Waals surface area (Å²) in [6.45, 7) is -0.0892. The number of rotatable bonds is 9. The van der Waals surface area contributed by atoms with Gasteiger partial charge in [0.2, 0.25) is 0 Å². The number of amides is 2. The van der Waals surface area contributed by atoms with Gasteiger partial charge in [0.25, 0.3) is 11.8 Å². The smallest absolute Gasteiger partial charge is 0.267 e. The molecule has 3 aromatic carbocycles. The van der Waals surface area contributed by atoms with E-state index < -0.39 is 0 Å². The topological polar surface area (TPSA) is 117 Å². The summed E-state index contributed by atoms with van der Waals surface area (Å²) >= 11 is 10.4. The van der Waals surface area contributed by atoms with E-state index >= 15 is 0 Å². The van der Waals surface area contributed by atoms with Crippen molar-refractivity contribution in [2.24, 2.45) is 10.2 Å². The lowest BCUT2D eigenvalue weighted by Gasteiger charge is -2.12. The van der Waals surface area contributed by atoms with Gasteiger partial charge in [0.1, 0.15) is 17.3 Å². The van der Waals surface area contributed by atoms with Gasteiger partial charge in [0.15, 0.2) is 11.8 Å². The Balaban J connectivity index is 1.35. The maximum atomic E-state index is 13.5. The molecule has 1 fully saturated rings. The van der Waals surface area contributed by atoms with Crippen LogP contribution in [0.15, 0.2) is 109 Å². The lowest BCUT2D eigenvalue weighted by atomic mass is 10.2. The number of phenols is 1. The molecule has 1 aliphatic rings. The lowest BCUT2D eigenvalue weighted by Crippen LogP contribution is -2.28. The minimum atomic E-state index is -0.348. The highest BCUT2D eigenvalue weighted by Crippen LogP contribution is 2.35. The number of hydrogen-bond acceptors (Lipinski definition) is 8. The van der Waals surface area contributed by atoms with Crippen LogP contribution in [0, 0.1) is 0 Å². The van der Waals surface area contributed by atoms with E-state index in [4.69, 9.17) is 20.8 Å². The number of hydrogen-bond donors (Lipinski definition) is 2. The molecule has 42 heavy (non-hydrogen) atoms. The SMILES string of the molecule is O=C(COc1ccccc1/C=C1\S/C(=N/N=C\c2cc(Br)ccc2O)N(Cc2ccco2)C1=O)Nc1ccc(Cl)cc1. The van der Waals surface area contributed by atoms with E-state index in [1.807, 2.05) is 6.07 Å². The second-order valence-corrected chi connectivity index (χ2v) is 11.2. The van der Waals surface area contributed by atoms with Crippen LogP contribution in [0.5, 0.6) is 11.5 Å². The molecule has 0 bridgehead atoms. The van der Waals surface area contributed by atoms with E-state index in [1.165, 1.54) is 23.4 Å². The fourth-order valence-corrected chi connectivity index (χ4v) is 5.23. The van der Waals surface area contributed by atoms with Crippen molar-refractivity contribution in [3.63, 3.8) is 0 Å². The molecule has 0 spiro atoms. The van der Waals surface area contributed by atoms with Crippen molar-refractivity contribution in [3.8, 4) is 11.5 Å². The summed E-state index contributed by atoms with van der Waals surface area (Å²) in [6, 6.07) is 22.3. The summed E-state index contributed by atoms with van der Waals surface area (Å²) < 4.78 is 12.0. The summed E-state index contributed by atoms with van der Waals surface area (Å²) in [7, 11) is 0. The average Bonchev–Trinajstić information content (AvgIpc) is 3.60. The summed E-state index contributed by atoms with van der Waals surface area (Å²) in [5.41, 5.74) is 1.66. The molecule has 0 saturated carbocycles. The second kappa shape index (κ2) is 13.6. The van der Waals surface area contributed by atoms with Crippen molar-refractivity contribution < 1.29 is 23.8 Å². The van der Waals surface area contributed by atoms with Crippen molar-refractivity contribution in [2.75, 3.05) is 11.9 Å². The molecule has 0 unspecified atom stereocenters. The van der Waals surface area contributed by atoms with Gasteiger partial charge in [-0.25, -0.2) is 0 Å². The quantitative estimate of drug-likeness (QED) is 0.114. The van der Waals surface area contributed by atoms with Gasteiger partial charge in [-0.3, -0.25) is 14.5 Å². The van der Waals surface area contributed by atoms with Gasteiger partial charge in [-0.15, -0.1) is 5.10 Å². The third kappa shape index (κ3) is 7.49. The molecule has 1 aliphatic heterocycles. The maximum absolute atomic E-state index is 13.5. The van der Waals surface area contributed by atoms with Gasteiger partial charge in [-0.1, -0.05) is 45.7 Å². The number of benzene rings is 3. The summed E-state index contributed by atoms with van der Waals surface area (Å²) in [6.07, 6.45) is 4.62. The highest BCUT2D eigenvalue weighted by molar-refractivity contribution is 9.10. The Morgan fingerprint density at radius 1 is 1.10 bits per heavy atom. The molecule has 4 aromatic rings. The first-order valence-corrected chi connectivity index (χ1v) is 14.4. The molecule has 5 rings (SSSR count). The zero-order chi connectivity index (χ0) is 29.5. The number of amidine groups is 1. The van der Waals surface area contributed by atoms with Crippen LogP contribution < -0.4 is 10.1 Å². The molecular formula is C30H22BrClN4O5S. The number of ether oxygens (including phenoxy) is 1. The number of para-hydroxylation sites is 1. The van der Waals surface area contributed by atoms with Crippen LogP contribution in [-0.2, 0) is 16.1 Å². The molecule has 2 heterocycles. The third-order valence-corrected chi connectivity index (χ3v) is 7.55. The molecule has 2 N–H and O–H groups in total. The predicted molar refractivity (Wildman–Crippen MR) is 168 cm³/mol. The van der Waals surface area contributed by atoms with Crippen LogP contribution in [0.2, 0.25) is 5.02 Å². The van der Waals surface area contributed by atoms with Gasteiger partial charge in [0, 0.05) is 26.3 Å². The average molecular weight is 666 g/mol. The monoisotopic (exact) mass is 664 g/mol. The van der Waals surface area contributed by atoms with E-state index in [1.54, 1.807) is 72.8 Å². The molecular weight excluding hydrogens is 644 g/mol. The van der Waals surface area contributed by atoms with Crippen LogP contribution in [-0.4, -0.2) is 39.8 Å². The Labute approximate surface area is 258 Å². The number of phenolic OH excluding ortho intramolecular Hbond substituents is 1. The minimum Gasteiger partial charge on any atom is -0.507 e. The van der Waals surface area contributed by atoms with Gasteiger partial charge < -0.3 is 19.6 Å². The van der Waals surface area contributed by atoms with Crippen LogP contribution in [0.25, 0.3) is 6.08 Å². The first-order valence-electron chi connectivity index (χ1n) is 12.5. The number of halogens is 2. The summed E-state index contributed by atoms with van der Waals surface area (Å²) in [5, 5.41) is 22.1. The van der Waals surface area contributed by atoms with E-state index in [2.05, 4.69) is 31.4 Å². The molecule has 12 heteroatoms. The zero-order valence-corrected chi connectivity index (χ0v) is 24.9. The van der Waals surface area contributed by atoms with Gasteiger partial charge in [0.05, 0.1) is 23.9 Å². The lowest BCUT2D eigenvalue weighted by molar-refractivity contribution is -0.122. The first-order chi connectivity index (χ1) is 20.4. The Morgan fingerprint density at radius 2 is 1.90 bits per heavy atom. The zero-order valence-electron chi connectivity index (χ0n) is 21.7. The van der Waals surface area contributed by atoms with Gasteiger partial charge >= 0.3 is 0 Å². The van der Waals surface area contributed by atoms with E-state index in [9.17, 15) is 14.7 Å². The standard InChI is InChI=1S/C30H22BrClN4O5S/c31-21-7-12-25(37)20(14-21)16-33-35-30-36(17-24-5-3-13-40-24)29(39)27(42-30)15-19-4-1-2-6-26(19)41-18-28(38)34-23-10-8-22(32)9-11-23/h1-16,37H,17-18H2,(H,34,38)/b27-15-,33-16-,35-30+. The molecule has 0 radical (unpaired) electrons. The van der Waals surface area contributed by atoms with Gasteiger partial charge in [-0.05, 0) is 78.5 Å². The second-order valence-electron chi connectivity index (χ2n) is 8.79. The molecule has 0 aliphatic carbocycles. The fourth-order valence-electron chi connectivity index (χ4n) is 3.80. The number of aromatic hydroxyl groups is 1. The molecule has 9 nitrogen and oxygen atoms in total. The summed E-state index contributed by atoms with van der Waals surface area (Å²) in [4.78, 5) is 27.8. The number of furan rings is 1. The number of thioether (sulfide) groups is 1. The Hall–Kier alpha value is -4.32. The third-order valence-electron chi connectivity index (χ3n) is 5.80. The Bertz CT molecular complexity index is 1690. The predicted octanol–water partition coefficient (Wildman–Crippen LogP) is 6.93. The van der Waals surface area contributed by atoms with Crippen LogP contribution in [0.1, 0.15) is 16.9 Å². The molecule has 1 saturated heterocycles. The van der Waals surface area contributed by atoms with Crippen molar-refractivity contribution in [1.29, 1.82) is 0 Å². The molecule has 1 aromatic heterocycles. The van der Waals surface area contributed by atoms with Crippen LogP contribution in [0.4, 0.5) is 5.69 Å². The van der Waals surface area contributed by atoms with Crippen molar-refractivity contribution >= 4 is 74.3 Å². The first kappa shape index (κ1) is 29.2. The minimum absolute atomic E-state index is 0.0452. The van der Waals surface area contributed by atoms with Crippen LogP contribution in [0.3, 0.4) is 0 Å². The molecule has 2 amide bonds. The highest BCUT2D eigenvalue weighted by atomic mass is 79.9. The number of carbonyl (C=O) groups excluding carboxylic acids is 2. The maximum Gasteiger partial charge on any atom is 0.267 e. The number of nitrogens with one attached hydrogen (secondary N) is 1. The molecule has 212 valence electrons. The van der Waals surface area contributed by atoms with Crippen molar-refractivity contribution in [2.45, 2.75) is 6.54 Å².